The molecule has 4 nitrogen and oxygen atoms in total. The van der Waals surface area contributed by atoms with Crippen LogP contribution in [0.2, 0.25) is 5.02 Å². The second kappa shape index (κ2) is 7.65. The molecule has 0 spiro atoms. The molecule has 2 saturated heterocycles. The Balaban J connectivity index is 1.50. The smallest absolute Gasteiger partial charge is 0.226 e. The van der Waals surface area contributed by atoms with Gasteiger partial charge in [0.15, 0.2) is 0 Å². The molecule has 0 radical (unpaired) electrons. The Kier molecular flexibility index (Phi) is 5.57. The number of carbonyl (C=O) groups excluding carboxylic acids is 1. The first kappa shape index (κ1) is 16.7. The van der Waals surface area contributed by atoms with Crippen LogP contribution in [0.4, 0.5) is 0 Å². The molecule has 1 aromatic rings. The van der Waals surface area contributed by atoms with Crippen molar-refractivity contribution in [1.82, 2.24) is 10.2 Å². The molecule has 2 atom stereocenters. The average molecular weight is 337 g/mol. The highest BCUT2D eigenvalue weighted by Crippen LogP contribution is 2.32. The molecule has 2 aliphatic rings. The van der Waals surface area contributed by atoms with Gasteiger partial charge in [0.2, 0.25) is 5.91 Å². The Bertz CT molecular complexity index is 526. The van der Waals surface area contributed by atoms with E-state index < -0.39 is 0 Å². The molecular formula is C18H25ClN2O2. The summed E-state index contributed by atoms with van der Waals surface area (Å²) in [5.74, 6) is 1.78. The normalized spacial score (nSPS) is 25.7. The molecule has 2 heterocycles. The van der Waals surface area contributed by atoms with E-state index in [1.165, 1.54) is 0 Å². The van der Waals surface area contributed by atoms with Crippen LogP contribution in [0.25, 0.3) is 0 Å². The Morgan fingerprint density at radius 2 is 1.91 bits per heavy atom. The Hall–Kier alpha value is -1.10. The molecule has 1 amide bonds. The Labute approximate surface area is 142 Å². The Morgan fingerprint density at radius 3 is 2.57 bits per heavy atom. The summed E-state index contributed by atoms with van der Waals surface area (Å²) in [6.45, 7) is 3.89. The largest absolute Gasteiger partial charge is 0.396 e. The van der Waals surface area contributed by atoms with Gasteiger partial charge in [-0.1, -0.05) is 23.7 Å². The summed E-state index contributed by atoms with van der Waals surface area (Å²) >= 11 is 5.88. The minimum absolute atomic E-state index is 0.203. The number of rotatable bonds is 4. The van der Waals surface area contributed by atoms with E-state index in [9.17, 15) is 9.90 Å². The predicted molar refractivity (Wildman–Crippen MR) is 91.4 cm³/mol. The Morgan fingerprint density at radius 1 is 1.22 bits per heavy atom. The van der Waals surface area contributed by atoms with Crippen molar-refractivity contribution in [3.8, 4) is 0 Å². The number of hydrogen-bond acceptors (Lipinski definition) is 3. The molecule has 126 valence electrons. The first-order valence-corrected chi connectivity index (χ1v) is 8.89. The molecule has 2 fully saturated rings. The van der Waals surface area contributed by atoms with Crippen LogP contribution in [0, 0.1) is 17.8 Å². The number of amides is 1. The number of nitrogens with zero attached hydrogens (tertiary/aromatic N) is 1. The van der Waals surface area contributed by atoms with Gasteiger partial charge >= 0.3 is 0 Å². The molecule has 23 heavy (non-hydrogen) atoms. The summed E-state index contributed by atoms with van der Waals surface area (Å²) in [4.78, 5) is 14.4. The predicted octanol–water partition coefficient (Wildman–Crippen LogP) is 1.95. The lowest BCUT2D eigenvalue weighted by Gasteiger charge is -2.36. The highest BCUT2D eigenvalue weighted by molar-refractivity contribution is 6.30. The van der Waals surface area contributed by atoms with Crippen molar-refractivity contribution in [2.24, 2.45) is 17.8 Å². The van der Waals surface area contributed by atoms with Crippen molar-refractivity contribution in [2.75, 3.05) is 32.8 Å². The van der Waals surface area contributed by atoms with Crippen LogP contribution < -0.4 is 5.32 Å². The van der Waals surface area contributed by atoms with Crippen LogP contribution in [-0.4, -0.2) is 48.7 Å². The number of likely N-dealkylation sites (tertiary alicyclic amines) is 1. The third kappa shape index (κ3) is 4.06. The fraction of sp³-hybridized carbons (Fsp3) is 0.611. The summed E-state index contributed by atoms with van der Waals surface area (Å²) in [5, 5.41) is 13.6. The van der Waals surface area contributed by atoms with Crippen molar-refractivity contribution >= 4 is 17.5 Å². The van der Waals surface area contributed by atoms with Gasteiger partial charge in [0.25, 0.3) is 0 Å². The van der Waals surface area contributed by atoms with Crippen LogP contribution in [0.15, 0.2) is 24.3 Å². The third-order valence-corrected chi connectivity index (χ3v) is 5.64. The number of halogens is 1. The van der Waals surface area contributed by atoms with Gasteiger partial charge in [-0.2, -0.15) is 0 Å². The van der Waals surface area contributed by atoms with Crippen LogP contribution in [0.1, 0.15) is 18.4 Å². The van der Waals surface area contributed by atoms with Crippen molar-refractivity contribution in [1.29, 1.82) is 0 Å². The summed E-state index contributed by atoms with van der Waals surface area (Å²) in [5.41, 5.74) is 1.02. The maximum atomic E-state index is 12.4. The monoisotopic (exact) mass is 336 g/mol. The molecule has 0 bridgehead atoms. The highest BCUT2D eigenvalue weighted by atomic mass is 35.5. The third-order valence-electron chi connectivity index (χ3n) is 5.39. The van der Waals surface area contributed by atoms with Crippen molar-refractivity contribution in [3.63, 3.8) is 0 Å². The number of carbonyl (C=O) groups is 1. The van der Waals surface area contributed by atoms with Crippen molar-refractivity contribution in [2.45, 2.75) is 19.3 Å². The lowest BCUT2D eigenvalue weighted by atomic mass is 9.79. The zero-order chi connectivity index (χ0) is 16.2. The minimum atomic E-state index is 0.203. The van der Waals surface area contributed by atoms with Gasteiger partial charge in [0, 0.05) is 31.3 Å². The number of aliphatic hydroxyl groups is 1. The van der Waals surface area contributed by atoms with E-state index in [2.05, 4.69) is 5.32 Å². The SMILES string of the molecule is O=C(Cc1ccc(Cl)cc1)N1CCC([C@@H]2CNC[C@H]2CO)CC1. The summed E-state index contributed by atoms with van der Waals surface area (Å²) in [6, 6.07) is 7.50. The molecule has 0 aromatic heterocycles. The lowest BCUT2D eigenvalue weighted by Crippen LogP contribution is -2.42. The van der Waals surface area contributed by atoms with Gasteiger partial charge in [-0.15, -0.1) is 0 Å². The molecule has 2 aliphatic heterocycles. The first-order chi connectivity index (χ1) is 11.2. The molecule has 2 N–H and O–H groups in total. The number of hydrogen-bond donors (Lipinski definition) is 2. The van der Waals surface area contributed by atoms with Crippen LogP contribution in [0.5, 0.6) is 0 Å². The number of benzene rings is 1. The van der Waals surface area contributed by atoms with E-state index in [1.807, 2.05) is 29.2 Å². The standard InChI is InChI=1S/C18H25ClN2O2/c19-16-3-1-13(2-4-16)9-18(23)21-7-5-14(6-8-21)17-11-20-10-15(17)12-22/h1-4,14-15,17,20,22H,5-12H2/t15-,17-/m0/s1. The van der Waals surface area contributed by atoms with Crippen molar-refractivity contribution < 1.29 is 9.90 Å². The van der Waals surface area contributed by atoms with E-state index in [-0.39, 0.29) is 12.5 Å². The number of piperidine rings is 1. The fourth-order valence-corrected chi connectivity index (χ4v) is 4.10. The van der Waals surface area contributed by atoms with Gasteiger partial charge in [0.1, 0.15) is 0 Å². The van der Waals surface area contributed by atoms with E-state index in [4.69, 9.17) is 11.6 Å². The molecule has 0 unspecified atom stereocenters. The lowest BCUT2D eigenvalue weighted by molar-refractivity contribution is -0.132. The fourth-order valence-electron chi connectivity index (χ4n) is 3.97. The molecule has 0 aliphatic carbocycles. The van der Waals surface area contributed by atoms with Gasteiger partial charge in [-0.05, 0) is 54.8 Å². The van der Waals surface area contributed by atoms with Gasteiger partial charge < -0.3 is 15.3 Å². The molecule has 3 rings (SSSR count). The molecule has 5 heteroatoms. The average Bonchev–Trinajstić information content (AvgIpc) is 3.06. The molecule has 1 aromatic carbocycles. The maximum absolute atomic E-state index is 12.4. The summed E-state index contributed by atoms with van der Waals surface area (Å²) in [7, 11) is 0. The number of nitrogens with one attached hydrogen (secondary N) is 1. The first-order valence-electron chi connectivity index (χ1n) is 8.51. The molecule has 0 saturated carbocycles. The van der Waals surface area contributed by atoms with E-state index in [0.29, 0.717) is 29.2 Å². The van der Waals surface area contributed by atoms with Gasteiger partial charge in [0.05, 0.1) is 6.42 Å². The van der Waals surface area contributed by atoms with Gasteiger partial charge in [-0.25, -0.2) is 0 Å². The van der Waals surface area contributed by atoms with Crippen LogP contribution >= 0.6 is 11.6 Å². The summed E-state index contributed by atoms with van der Waals surface area (Å²) < 4.78 is 0. The topological polar surface area (TPSA) is 52.6 Å². The zero-order valence-electron chi connectivity index (χ0n) is 13.4. The van der Waals surface area contributed by atoms with Crippen LogP contribution in [-0.2, 0) is 11.2 Å². The second-order valence-electron chi connectivity index (χ2n) is 6.79. The number of aliphatic hydroxyl groups excluding tert-OH is 1. The highest BCUT2D eigenvalue weighted by Gasteiger charge is 2.35. The quantitative estimate of drug-likeness (QED) is 0.883. The second-order valence-corrected chi connectivity index (χ2v) is 7.22. The van der Waals surface area contributed by atoms with E-state index in [1.54, 1.807) is 0 Å². The minimum Gasteiger partial charge on any atom is -0.396 e. The maximum Gasteiger partial charge on any atom is 0.226 e. The molecular weight excluding hydrogens is 312 g/mol. The van der Waals surface area contributed by atoms with E-state index in [0.717, 1.165) is 44.6 Å². The zero-order valence-corrected chi connectivity index (χ0v) is 14.1. The van der Waals surface area contributed by atoms with Gasteiger partial charge in [-0.3, -0.25) is 4.79 Å². The van der Waals surface area contributed by atoms with Crippen molar-refractivity contribution in [3.05, 3.63) is 34.9 Å². The summed E-state index contributed by atoms with van der Waals surface area (Å²) in [6.07, 6.45) is 2.55. The van der Waals surface area contributed by atoms with Crippen LogP contribution in [0.3, 0.4) is 0 Å². The van der Waals surface area contributed by atoms with E-state index >= 15 is 0 Å².